The van der Waals surface area contributed by atoms with Crippen LogP contribution in [0.25, 0.3) is 11.1 Å². The zero-order valence-electron chi connectivity index (χ0n) is 10.1. The van der Waals surface area contributed by atoms with E-state index in [1.165, 1.54) is 19.3 Å². The molecule has 2 aromatic rings. The van der Waals surface area contributed by atoms with Gasteiger partial charge in [-0.05, 0) is 36.6 Å². The molecule has 0 unspecified atom stereocenters. The monoisotopic (exact) mass is 302 g/mol. The predicted molar refractivity (Wildman–Crippen MR) is 78.4 cm³/mol. The zero-order valence-corrected chi connectivity index (χ0v) is 11.7. The van der Waals surface area contributed by atoms with Crippen molar-refractivity contribution < 1.29 is 0 Å². The van der Waals surface area contributed by atoms with Crippen molar-refractivity contribution in [2.75, 3.05) is 5.73 Å². The van der Waals surface area contributed by atoms with Crippen molar-refractivity contribution >= 4 is 21.6 Å². The number of hydrogen-bond acceptors (Lipinski definition) is 2. The Bertz CT molecular complexity index is 559. The highest BCUT2D eigenvalue weighted by molar-refractivity contribution is 9.10. The van der Waals surface area contributed by atoms with Crippen molar-refractivity contribution in [2.45, 2.75) is 25.2 Å². The molecule has 0 spiro atoms. The molecule has 92 valence electrons. The number of nitrogens with two attached hydrogens (primary N) is 1. The SMILES string of the molecule is Nc1c(-c2ccc(Br)cc2)ccnc1C1CCC1. The Balaban J connectivity index is 2.03. The highest BCUT2D eigenvalue weighted by Gasteiger charge is 2.24. The van der Waals surface area contributed by atoms with Crippen molar-refractivity contribution in [3.05, 3.63) is 46.7 Å². The van der Waals surface area contributed by atoms with E-state index in [0.717, 1.165) is 27.0 Å². The molecule has 1 aromatic carbocycles. The first kappa shape index (κ1) is 11.7. The number of benzene rings is 1. The second-order valence-electron chi connectivity index (χ2n) is 4.79. The summed E-state index contributed by atoms with van der Waals surface area (Å²) in [6.07, 6.45) is 5.62. The van der Waals surface area contributed by atoms with Gasteiger partial charge >= 0.3 is 0 Å². The molecule has 0 bridgehead atoms. The van der Waals surface area contributed by atoms with Gasteiger partial charge < -0.3 is 5.73 Å². The molecule has 1 fully saturated rings. The average molecular weight is 303 g/mol. The molecule has 1 aromatic heterocycles. The van der Waals surface area contributed by atoms with Crippen LogP contribution in [0.2, 0.25) is 0 Å². The van der Waals surface area contributed by atoms with Gasteiger partial charge in [-0.3, -0.25) is 4.98 Å². The average Bonchev–Trinajstić information content (AvgIpc) is 2.31. The Morgan fingerprint density at radius 1 is 1.11 bits per heavy atom. The van der Waals surface area contributed by atoms with Gasteiger partial charge in [0.15, 0.2) is 0 Å². The number of aromatic nitrogens is 1. The van der Waals surface area contributed by atoms with Crippen LogP contribution < -0.4 is 5.73 Å². The van der Waals surface area contributed by atoms with Crippen molar-refractivity contribution in [3.63, 3.8) is 0 Å². The standard InChI is InChI=1S/C15H15BrN2/c16-12-6-4-10(5-7-12)13-8-9-18-15(14(13)17)11-2-1-3-11/h4-9,11H,1-3,17H2. The van der Waals surface area contributed by atoms with E-state index in [4.69, 9.17) is 5.73 Å². The molecule has 3 heteroatoms. The van der Waals surface area contributed by atoms with E-state index < -0.39 is 0 Å². The molecule has 1 heterocycles. The van der Waals surface area contributed by atoms with Crippen LogP contribution in [0.4, 0.5) is 5.69 Å². The molecule has 2 N–H and O–H groups in total. The number of hydrogen-bond donors (Lipinski definition) is 1. The molecule has 0 atom stereocenters. The lowest BCUT2D eigenvalue weighted by Crippen LogP contribution is -2.13. The summed E-state index contributed by atoms with van der Waals surface area (Å²) in [5.74, 6) is 0.570. The molecule has 1 aliphatic carbocycles. The molecule has 1 saturated carbocycles. The van der Waals surface area contributed by atoms with Gasteiger partial charge in [0.2, 0.25) is 0 Å². The van der Waals surface area contributed by atoms with Crippen LogP contribution in [0.3, 0.4) is 0 Å². The molecule has 3 rings (SSSR count). The van der Waals surface area contributed by atoms with Crippen molar-refractivity contribution in [1.29, 1.82) is 0 Å². The number of halogens is 1. The van der Waals surface area contributed by atoms with Crippen LogP contribution in [0.5, 0.6) is 0 Å². The van der Waals surface area contributed by atoms with E-state index in [1.807, 2.05) is 24.4 Å². The van der Waals surface area contributed by atoms with Gasteiger partial charge in [0, 0.05) is 22.2 Å². The van der Waals surface area contributed by atoms with Gasteiger partial charge in [-0.2, -0.15) is 0 Å². The summed E-state index contributed by atoms with van der Waals surface area (Å²) in [5.41, 5.74) is 10.5. The molecule has 0 aliphatic heterocycles. The minimum Gasteiger partial charge on any atom is -0.397 e. The molecule has 1 aliphatic rings. The van der Waals surface area contributed by atoms with E-state index >= 15 is 0 Å². The van der Waals surface area contributed by atoms with Crippen LogP contribution in [0.1, 0.15) is 30.9 Å². The fourth-order valence-electron chi connectivity index (χ4n) is 2.38. The van der Waals surface area contributed by atoms with Gasteiger partial charge in [-0.25, -0.2) is 0 Å². The smallest absolute Gasteiger partial charge is 0.0669 e. The molecule has 2 nitrogen and oxygen atoms in total. The number of anilines is 1. The van der Waals surface area contributed by atoms with Crippen LogP contribution in [0, 0.1) is 0 Å². The zero-order chi connectivity index (χ0) is 12.5. The molecular formula is C15H15BrN2. The molecule has 0 radical (unpaired) electrons. The topological polar surface area (TPSA) is 38.9 Å². The van der Waals surface area contributed by atoms with Gasteiger partial charge in [0.25, 0.3) is 0 Å². The first-order valence-corrected chi connectivity index (χ1v) is 7.05. The van der Waals surface area contributed by atoms with Gasteiger partial charge in [0.05, 0.1) is 11.4 Å². The van der Waals surface area contributed by atoms with Crippen LogP contribution in [-0.2, 0) is 0 Å². The predicted octanol–water partition coefficient (Wildman–Crippen LogP) is 4.36. The Kier molecular flexibility index (Phi) is 3.08. The summed E-state index contributed by atoms with van der Waals surface area (Å²) >= 11 is 3.45. The number of pyridine rings is 1. The summed E-state index contributed by atoms with van der Waals surface area (Å²) < 4.78 is 1.08. The Morgan fingerprint density at radius 3 is 2.44 bits per heavy atom. The van der Waals surface area contributed by atoms with Gasteiger partial charge in [-0.15, -0.1) is 0 Å². The maximum atomic E-state index is 6.29. The first-order valence-electron chi connectivity index (χ1n) is 6.26. The Hall–Kier alpha value is -1.35. The van der Waals surface area contributed by atoms with E-state index in [2.05, 4.69) is 33.0 Å². The van der Waals surface area contributed by atoms with Gasteiger partial charge in [0.1, 0.15) is 0 Å². The lowest BCUT2D eigenvalue weighted by molar-refractivity contribution is 0.412. The van der Waals surface area contributed by atoms with Crippen molar-refractivity contribution in [2.24, 2.45) is 0 Å². The van der Waals surface area contributed by atoms with E-state index in [1.54, 1.807) is 0 Å². The normalized spacial score (nSPS) is 15.4. The van der Waals surface area contributed by atoms with E-state index in [9.17, 15) is 0 Å². The van der Waals surface area contributed by atoms with Crippen LogP contribution in [-0.4, -0.2) is 4.98 Å². The number of nitrogens with zero attached hydrogens (tertiary/aromatic N) is 1. The molecular weight excluding hydrogens is 288 g/mol. The van der Waals surface area contributed by atoms with Crippen LogP contribution in [0.15, 0.2) is 41.0 Å². The second-order valence-corrected chi connectivity index (χ2v) is 5.71. The minimum atomic E-state index is 0.570. The fourth-order valence-corrected chi connectivity index (χ4v) is 2.64. The largest absolute Gasteiger partial charge is 0.397 e. The fraction of sp³-hybridized carbons (Fsp3) is 0.267. The summed E-state index contributed by atoms with van der Waals surface area (Å²) in [4.78, 5) is 4.47. The maximum Gasteiger partial charge on any atom is 0.0669 e. The number of rotatable bonds is 2. The maximum absolute atomic E-state index is 6.29. The summed E-state index contributed by atoms with van der Waals surface area (Å²) in [5, 5.41) is 0. The summed E-state index contributed by atoms with van der Waals surface area (Å²) in [6, 6.07) is 10.2. The van der Waals surface area contributed by atoms with Crippen LogP contribution >= 0.6 is 15.9 Å². The quantitative estimate of drug-likeness (QED) is 0.895. The third kappa shape index (κ3) is 2.03. The lowest BCUT2D eigenvalue weighted by Gasteiger charge is -2.26. The van der Waals surface area contributed by atoms with Crippen molar-refractivity contribution in [1.82, 2.24) is 4.98 Å². The third-order valence-corrected chi connectivity index (χ3v) is 4.20. The van der Waals surface area contributed by atoms with Gasteiger partial charge in [-0.1, -0.05) is 34.5 Å². The molecule has 18 heavy (non-hydrogen) atoms. The molecule has 0 amide bonds. The summed E-state index contributed by atoms with van der Waals surface area (Å²) in [6.45, 7) is 0. The Morgan fingerprint density at radius 2 is 1.83 bits per heavy atom. The highest BCUT2D eigenvalue weighted by Crippen LogP contribution is 2.40. The van der Waals surface area contributed by atoms with E-state index in [-0.39, 0.29) is 0 Å². The summed E-state index contributed by atoms with van der Waals surface area (Å²) in [7, 11) is 0. The van der Waals surface area contributed by atoms with Crippen molar-refractivity contribution in [3.8, 4) is 11.1 Å². The lowest BCUT2D eigenvalue weighted by atomic mass is 9.81. The molecule has 0 saturated heterocycles. The number of nitrogen functional groups attached to an aromatic ring is 1. The van der Waals surface area contributed by atoms with E-state index in [0.29, 0.717) is 5.92 Å². The first-order chi connectivity index (χ1) is 8.75. The second kappa shape index (κ2) is 4.73. The highest BCUT2D eigenvalue weighted by atomic mass is 79.9. The Labute approximate surface area is 115 Å². The third-order valence-electron chi connectivity index (χ3n) is 3.67. The minimum absolute atomic E-state index is 0.570.